The van der Waals surface area contributed by atoms with Crippen LogP contribution in [0.5, 0.6) is 0 Å². The molecule has 0 aliphatic heterocycles. The summed E-state index contributed by atoms with van der Waals surface area (Å²) in [5.41, 5.74) is 2.21. The number of allylic oxidation sites excluding steroid dienone is 1. The molecule has 0 aromatic heterocycles. The fourth-order valence-electron chi connectivity index (χ4n) is 1.75. The summed E-state index contributed by atoms with van der Waals surface area (Å²) in [6, 6.07) is 9.78. The molecule has 0 saturated heterocycles. The van der Waals surface area contributed by atoms with E-state index in [1.165, 1.54) is 6.92 Å². The molecule has 0 saturated carbocycles. The molecule has 94 valence electrons. The number of nitrogens with zero attached hydrogens (tertiary/aromatic N) is 2. The molecule has 0 aliphatic rings. The van der Waals surface area contributed by atoms with Crippen molar-refractivity contribution in [3.63, 3.8) is 0 Å². The second kappa shape index (κ2) is 6.61. The number of rotatable bonds is 5. The number of ketones is 1. The normalized spacial score (nSPS) is 10.9. The molecule has 0 N–H and O–H groups in total. The standard InChI is InChI=1S/C15H18N2O/c1-4-17(5-2)15-8-6-13(7-9-15)10-14(11-16)12(3)18/h6-10H,4-5H2,1-3H3/b14-10+. The molecular formula is C15H18N2O. The summed E-state index contributed by atoms with van der Waals surface area (Å²) in [4.78, 5) is 13.4. The lowest BCUT2D eigenvalue weighted by molar-refractivity contribution is -0.113. The molecule has 0 atom stereocenters. The fourth-order valence-corrected chi connectivity index (χ4v) is 1.75. The second-order valence-corrected chi connectivity index (χ2v) is 3.99. The van der Waals surface area contributed by atoms with E-state index in [1.807, 2.05) is 30.3 Å². The van der Waals surface area contributed by atoms with E-state index >= 15 is 0 Å². The van der Waals surface area contributed by atoms with Crippen LogP contribution in [0.1, 0.15) is 26.3 Å². The van der Waals surface area contributed by atoms with Crippen LogP contribution in [0.25, 0.3) is 6.08 Å². The number of carbonyl (C=O) groups is 1. The number of hydrogen-bond acceptors (Lipinski definition) is 3. The fraction of sp³-hybridized carbons (Fsp3) is 0.333. The summed E-state index contributed by atoms with van der Waals surface area (Å²) in [6.45, 7) is 7.55. The quantitative estimate of drug-likeness (QED) is 0.589. The molecule has 0 amide bonds. The molecule has 3 nitrogen and oxygen atoms in total. The largest absolute Gasteiger partial charge is 0.372 e. The molecule has 0 radical (unpaired) electrons. The third-order valence-electron chi connectivity index (χ3n) is 2.83. The third kappa shape index (κ3) is 3.46. The topological polar surface area (TPSA) is 44.1 Å². The highest BCUT2D eigenvalue weighted by Gasteiger charge is 2.03. The molecule has 0 aliphatic carbocycles. The van der Waals surface area contributed by atoms with Crippen molar-refractivity contribution in [2.75, 3.05) is 18.0 Å². The Morgan fingerprint density at radius 2 is 1.83 bits per heavy atom. The number of benzene rings is 1. The van der Waals surface area contributed by atoms with E-state index < -0.39 is 0 Å². The Morgan fingerprint density at radius 1 is 1.28 bits per heavy atom. The highest BCUT2D eigenvalue weighted by molar-refractivity contribution is 6.01. The lowest BCUT2D eigenvalue weighted by Crippen LogP contribution is -2.21. The molecule has 0 spiro atoms. The van der Waals surface area contributed by atoms with E-state index in [0.29, 0.717) is 0 Å². The van der Waals surface area contributed by atoms with Crippen LogP contribution in [0.3, 0.4) is 0 Å². The Morgan fingerprint density at radius 3 is 2.22 bits per heavy atom. The minimum absolute atomic E-state index is 0.186. The Kier molecular flexibility index (Phi) is 5.13. The summed E-state index contributed by atoms with van der Waals surface area (Å²) < 4.78 is 0. The second-order valence-electron chi connectivity index (χ2n) is 3.99. The van der Waals surface area contributed by atoms with Crippen LogP contribution >= 0.6 is 0 Å². The van der Waals surface area contributed by atoms with Gasteiger partial charge in [0.05, 0.1) is 5.57 Å². The average Bonchev–Trinajstić information content (AvgIpc) is 2.38. The summed E-state index contributed by atoms with van der Waals surface area (Å²) in [6.07, 6.45) is 1.62. The Hall–Kier alpha value is -2.08. The van der Waals surface area contributed by atoms with E-state index in [0.717, 1.165) is 24.3 Å². The summed E-state index contributed by atoms with van der Waals surface area (Å²) in [7, 11) is 0. The van der Waals surface area contributed by atoms with E-state index in [4.69, 9.17) is 5.26 Å². The van der Waals surface area contributed by atoms with Crippen LogP contribution in [-0.2, 0) is 4.79 Å². The van der Waals surface area contributed by atoms with E-state index in [1.54, 1.807) is 6.08 Å². The van der Waals surface area contributed by atoms with Crippen molar-refractivity contribution in [2.24, 2.45) is 0 Å². The van der Waals surface area contributed by atoms with Gasteiger partial charge in [-0.3, -0.25) is 4.79 Å². The van der Waals surface area contributed by atoms with Crippen LogP contribution in [-0.4, -0.2) is 18.9 Å². The maximum absolute atomic E-state index is 11.1. The monoisotopic (exact) mass is 242 g/mol. The smallest absolute Gasteiger partial charge is 0.170 e. The van der Waals surface area contributed by atoms with Crippen molar-refractivity contribution in [2.45, 2.75) is 20.8 Å². The first kappa shape index (κ1) is 14.0. The zero-order valence-electron chi connectivity index (χ0n) is 11.1. The highest BCUT2D eigenvalue weighted by Crippen LogP contribution is 2.16. The first-order chi connectivity index (χ1) is 8.62. The van der Waals surface area contributed by atoms with Gasteiger partial charge in [0.25, 0.3) is 0 Å². The Bertz CT molecular complexity index is 476. The molecule has 0 bridgehead atoms. The predicted molar refractivity (Wildman–Crippen MR) is 74.3 cm³/mol. The number of anilines is 1. The van der Waals surface area contributed by atoms with E-state index in [9.17, 15) is 4.79 Å². The molecular weight excluding hydrogens is 224 g/mol. The lowest BCUT2D eigenvalue weighted by Gasteiger charge is -2.20. The van der Waals surface area contributed by atoms with Crippen LogP contribution in [0.4, 0.5) is 5.69 Å². The number of Topliss-reactive ketones (excluding diaryl/α,β-unsaturated/α-hetero) is 1. The first-order valence-corrected chi connectivity index (χ1v) is 6.10. The van der Waals surface area contributed by atoms with Gasteiger partial charge in [0.2, 0.25) is 0 Å². The van der Waals surface area contributed by atoms with Gasteiger partial charge in [-0.15, -0.1) is 0 Å². The molecule has 3 heteroatoms. The molecule has 0 unspecified atom stereocenters. The molecule has 1 aromatic rings. The van der Waals surface area contributed by atoms with Crippen molar-refractivity contribution in [1.82, 2.24) is 0 Å². The maximum atomic E-state index is 11.1. The van der Waals surface area contributed by atoms with Crippen molar-refractivity contribution in [3.8, 4) is 6.07 Å². The summed E-state index contributed by atoms with van der Waals surface area (Å²) in [5.74, 6) is -0.203. The van der Waals surface area contributed by atoms with Gasteiger partial charge >= 0.3 is 0 Å². The summed E-state index contributed by atoms with van der Waals surface area (Å²) >= 11 is 0. The molecule has 0 heterocycles. The zero-order chi connectivity index (χ0) is 13.5. The maximum Gasteiger partial charge on any atom is 0.170 e. The van der Waals surface area contributed by atoms with Crippen molar-refractivity contribution >= 4 is 17.5 Å². The molecule has 0 fully saturated rings. The Labute approximate surface area is 108 Å². The number of carbonyl (C=O) groups excluding carboxylic acids is 1. The van der Waals surface area contributed by atoms with E-state index in [-0.39, 0.29) is 11.4 Å². The SMILES string of the molecule is CCN(CC)c1ccc(/C=C(\C#N)C(C)=O)cc1. The van der Waals surface area contributed by atoms with Gasteiger partial charge in [-0.2, -0.15) is 5.26 Å². The summed E-state index contributed by atoms with van der Waals surface area (Å²) in [5, 5.41) is 8.83. The van der Waals surface area contributed by atoms with E-state index in [2.05, 4.69) is 18.7 Å². The van der Waals surface area contributed by atoms with Gasteiger partial charge in [0.1, 0.15) is 6.07 Å². The first-order valence-electron chi connectivity index (χ1n) is 6.10. The molecule has 18 heavy (non-hydrogen) atoms. The van der Waals surface area contributed by atoms with Crippen LogP contribution < -0.4 is 4.90 Å². The van der Waals surface area contributed by atoms with Gasteiger partial charge in [-0.25, -0.2) is 0 Å². The zero-order valence-corrected chi connectivity index (χ0v) is 11.1. The molecule has 1 rings (SSSR count). The average molecular weight is 242 g/mol. The van der Waals surface area contributed by atoms with Crippen LogP contribution in [0.15, 0.2) is 29.8 Å². The minimum atomic E-state index is -0.203. The van der Waals surface area contributed by atoms with Gasteiger partial charge < -0.3 is 4.90 Å². The van der Waals surface area contributed by atoms with Crippen LogP contribution in [0.2, 0.25) is 0 Å². The molecule has 1 aromatic carbocycles. The third-order valence-corrected chi connectivity index (χ3v) is 2.83. The number of nitriles is 1. The van der Waals surface area contributed by atoms with Crippen molar-refractivity contribution in [3.05, 3.63) is 35.4 Å². The minimum Gasteiger partial charge on any atom is -0.372 e. The van der Waals surface area contributed by atoms with Crippen LogP contribution in [0, 0.1) is 11.3 Å². The van der Waals surface area contributed by atoms with Gasteiger partial charge in [0, 0.05) is 18.8 Å². The predicted octanol–water partition coefficient (Wildman–Crippen LogP) is 3.03. The highest BCUT2D eigenvalue weighted by atomic mass is 16.1. The van der Waals surface area contributed by atoms with Gasteiger partial charge in [-0.05, 0) is 44.5 Å². The van der Waals surface area contributed by atoms with Gasteiger partial charge in [-0.1, -0.05) is 12.1 Å². The van der Waals surface area contributed by atoms with Crippen molar-refractivity contribution in [1.29, 1.82) is 5.26 Å². The van der Waals surface area contributed by atoms with Crippen molar-refractivity contribution < 1.29 is 4.79 Å². The lowest BCUT2D eigenvalue weighted by atomic mass is 10.1. The Balaban J connectivity index is 2.97. The number of hydrogen-bond donors (Lipinski definition) is 0. The van der Waals surface area contributed by atoms with Gasteiger partial charge in [0.15, 0.2) is 5.78 Å².